The van der Waals surface area contributed by atoms with Gasteiger partial charge in [-0.25, -0.2) is 0 Å². The minimum Gasteiger partial charge on any atom is -0.378 e. The van der Waals surface area contributed by atoms with Crippen LogP contribution in [0.4, 0.5) is 0 Å². The predicted octanol–water partition coefficient (Wildman–Crippen LogP) is 2.00. The van der Waals surface area contributed by atoms with Crippen molar-refractivity contribution in [3.8, 4) is 0 Å². The second-order valence-electron chi connectivity index (χ2n) is 4.01. The Morgan fingerprint density at radius 3 is 2.29 bits per heavy atom. The lowest BCUT2D eigenvalue weighted by molar-refractivity contribution is -0.421. The van der Waals surface area contributed by atoms with Crippen molar-refractivity contribution in [1.29, 1.82) is 0 Å². The van der Waals surface area contributed by atoms with Gasteiger partial charge in [0.25, 0.3) is 5.70 Å². The molecule has 0 bridgehead atoms. The third-order valence-corrected chi connectivity index (χ3v) is 2.15. The van der Waals surface area contributed by atoms with Crippen molar-refractivity contribution in [2.75, 3.05) is 27.2 Å². The van der Waals surface area contributed by atoms with Gasteiger partial charge in [0.15, 0.2) is 0 Å². The van der Waals surface area contributed by atoms with E-state index in [9.17, 15) is 10.1 Å². The monoisotopic (exact) mass is 241 g/mol. The largest absolute Gasteiger partial charge is 0.378 e. The summed E-state index contributed by atoms with van der Waals surface area (Å²) in [4.78, 5) is 12.7. The fourth-order valence-corrected chi connectivity index (χ4v) is 1.36. The second-order valence-corrected chi connectivity index (χ2v) is 4.01. The molecule has 0 fully saturated rings. The number of rotatable bonds is 8. The summed E-state index contributed by atoms with van der Waals surface area (Å²) < 4.78 is 0. The average Bonchev–Trinajstić information content (AvgIpc) is 2.24. The van der Waals surface area contributed by atoms with Gasteiger partial charge in [-0.2, -0.15) is 0 Å². The van der Waals surface area contributed by atoms with Gasteiger partial charge in [-0.05, 0) is 33.0 Å². The summed E-state index contributed by atoms with van der Waals surface area (Å²) in [6.45, 7) is 5.41. The Kier molecular flexibility index (Phi) is 8.05. The molecule has 1 N–H and O–H groups in total. The zero-order valence-electron chi connectivity index (χ0n) is 11.2. The Hall–Kier alpha value is -1.36. The molecule has 0 saturated carbocycles. The molecule has 0 heterocycles. The average molecular weight is 241 g/mol. The van der Waals surface area contributed by atoms with Crippen molar-refractivity contribution in [1.82, 2.24) is 10.2 Å². The summed E-state index contributed by atoms with van der Waals surface area (Å²) in [5.74, 6) is 0. The van der Waals surface area contributed by atoms with E-state index in [1.54, 1.807) is 6.08 Å². The highest BCUT2D eigenvalue weighted by molar-refractivity contribution is 5.23. The molecule has 0 atom stereocenters. The number of likely N-dealkylation sites (N-methyl/N-ethyl adjacent to an activating group) is 1. The van der Waals surface area contributed by atoms with Gasteiger partial charge in [0.1, 0.15) is 5.70 Å². The predicted molar refractivity (Wildman–Crippen MR) is 70.3 cm³/mol. The van der Waals surface area contributed by atoms with Crippen LogP contribution in [-0.2, 0) is 0 Å². The minimum absolute atomic E-state index is 0.174. The van der Waals surface area contributed by atoms with Gasteiger partial charge in [0.05, 0.1) is 4.92 Å². The topological polar surface area (TPSA) is 58.4 Å². The van der Waals surface area contributed by atoms with Gasteiger partial charge in [0, 0.05) is 13.1 Å². The summed E-state index contributed by atoms with van der Waals surface area (Å²) in [6.07, 6.45) is 4.94. The second kappa shape index (κ2) is 8.75. The molecule has 0 aromatic rings. The molecule has 17 heavy (non-hydrogen) atoms. The van der Waals surface area contributed by atoms with Crippen LogP contribution in [0.5, 0.6) is 0 Å². The molecule has 98 valence electrons. The van der Waals surface area contributed by atoms with Crippen molar-refractivity contribution in [3.63, 3.8) is 0 Å². The Bertz CT molecular complexity index is 296. The Morgan fingerprint density at radius 1 is 1.29 bits per heavy atom. The van der Waals surface area contributed by atoms with Gasteiger partial charge in [-0.3, -0.25) is 10.1 Å². The van der Waals surface area contributed by atoms with Crippen LogP contribution in [0.15, 0.2) is 23.5 Å². The smallest absolute Gasteiger partial charge is 0.288 e. The van der Waals surface area contributed by atoms with Crippen molar-refractivity contribution in [2.24, 2.45) is 0 Å². The number of allylic oxidation sites excluding steroid dienone is 2. The molecule has 0 radical (unpaired) electrons. The number of hydrogen-bond acceptors (Lipinski definition) is 4. The van der Waals surface area contributed by atoms with Crippen molar-refractivity contribution >= 4 is 0 Å². The summed E-state index contributed by atoms with van der Waals surface area (Å²) in [6, 6.07) is 0. The van der Waals surface area contributed by atoms with Gasteiger partial charge in [-0.15, -0.1) is 0 Å². The highest BCUT2D eigenvalue weighted by atomic mass is 16.6. The van der Waals surface area contributed by atoms with E-state index in [1.165, 1.54) is 0 Å². The van der Waals surface area contributed by atoms with E-state index in [0.29, 0.717) is 18.7 Å². The highest BCUT2D eigenvalue weighted by Crippen LogP contribution is 2.09. The van der Waals surface area contributed by atoms with E-state index in [2.05, 4.69) is 5.32 Å². The maximum Gasteiger partial charge on any atom is 0.288 e. The fourth-order valence-electron chi connectivity index (χ4n) is 1.36. The molecule has 0 aromatic carbocycles. The SMILES string of the molecule is CC/C=C(NCCN(C)C)\C(=C/CC)[N+](=O)[O-]. The first kappa shape index (κ1) is 15.6. The lowest BCUT2D eigenvalue weighted by atomic mass is 10.2. The maximum absolute atomic E-state index is 10.9. The number of nitrogens with one attached hydrogen (secondary N) is 1. The van der Waals surface area contributed by atoms with Crippen LogP contribution in [0.3, 0.4) is 0 Å². The van der Waals surface area contributed by atoms with Gasteiger partial charge in [-0.1, -0.05) is 19.9 Å². The molecule has 0 aliphatic carbocycles. The van der Waals surface area contributed by atoms with Gasteiger partial charge < -0.3 is 10.2 Å². The molecule has 0 amide bonds. The van der Waals surface area contributed by atoms with Crippen LogP contribution in [0.2, 0.25) is 0 Å². The van der Waals surface area contributed by atoms with Crippen LogP contribution >= 0.6 is 0 Å². The van der Waals surface area contributed by atoms with Crippen LogP contribution in [-0.4, -0.2) is 37.0 Å². The summed E-state index contributed by atoms with van der Waals surface area (Å²) >= 11 is 0. The molecular formula is C12H23N3O2. The highest BCUT2D eigenvalue weighted by Gasteiger charge is 2.15. The molecule has 5 nitrogen and oxygen atoms in total. The van der Waals surface area contributed by atoms with Crippen LogP contribution < -0.4 is 5.32 Å². The van der Waals surface area contributed by atoms with E-state index in [-0.39, 0.29) is 10.6 Å². The standard InChI is InChI=1S/C12H23N3O2/c1-5-7-11(13-9-10-14(3)4)12(8-6-2)15(16)17/h7-8,13H,5-6,9-10H2,1-4H3/b11-7+,12-8+. The van der Waals surface area contributed by atoms with E-state index < -0.39 is 0 Å². The first-order chi connectivity index (χ1) is 8.02. The molecule has 0 aliphatic heterocycles. The molecule has 0 rings (SSSR count). The van der Waals surface area contributed by atoms with E-state index in [4.69, 9.17) is 0 Å². The zero-order chi connectivity index (χ0) is 13.3. The molecule has 0 spiro atoms. The van der Waals surface area contributed by atoms with Crippen LogP contribution in [0, 0.1) is 10.1 Å². The Morgan fingerprint density at radius 2 is 1.88 bits per heavy atom. The molecular weight excluding hydrogens is 218 g/mol. The van der Waals surface area contributed by atoms with E-state index >= 15 is 0 Å². The molecule has 0 unspecified atom stereocenters. The lowest BCUT2D eigenvalue weighted by Crippen LogP contribution is -2.28. The third kappa shape index (κ3) is 6.73. The van der Waals surface area contributed by atoms with Crippen molar-refractivity contribution in [2.45, 2.75) is 26.7 Å². The van der Waals surface area contributed by atoms with Gasteiger partial charge >= 0.3 is 0 Å². The van der Waals surface area contributed by atoms with Gasteiger partial charge in [0.2, 0.25) is 0 Å². The summed E-state index contributed by atoms with van der Waals surface area (Å²) in [5, 5.41) is 14.1. The molecule has 0 aliphatic rings. The number of nitrogens with zero attached hydrogens (tertiary/aromatic N) is 2. The first-order valence-electron chi connectivity index (χ1n) is 5.96. The molecule has 0 aromatic heterocycles. The van der Waals surface area contributed by atoms with Crippen molar-refractivity contribution in [3.05, 3.63) is 33.7 Å². The minimum atomic E-state index is -0.326. The molecule has 5 heteroatoms. The fraction of sp³-hybridized carbons (Fsp3) is 0.667. The third-order valence-electron chi connectivity index (χ3n) is 2.15. The van der Waals surface area contributed by atoms with Crippen molar-refractivity contribution < 1.29 is 4.92 Å². The number of hydrogen-bond donors (Lipinski definition) is 1. The normalized spacial score (nSPS) is 13.0. The lowest BCUT2D eigenvalue weighted by Gasteiger charge is -2.12. The first-order valence-corrected chi connectivity index (χ1v) is 5.96. The number of nitro groups is 1. The maximum atomic E-state index is 10.9. The molecule has 0 saturated heterocycles. The van der Waals surface area contributed by atoms with E-state index in [0.717, 1.165) is 13.0 Å². The van der Waals surface area contributed by atoms with Crippen LogP contribution in [0.1, 0.15) is 26.7 Å². The quantitative estimate of drug-likeness (QED) is 0.401. The van der Waals surface area contributed by atoms with Crippen LogP contribution in [0.25, 0.3) is 0 Å². The van der Waals surface area contributed by atoms with E-state index in [1.807, 2.05) is 38.9 Å². The Balaban J connectivity index is 4.66. The summed E-state index contributed by atoms with van der Waals surface area (Å²) in [5.41, 5.74) is 0.800. The summed E-state index contributed by atoms with van der Waals surface area (Å²) in [7, 11) is 3.95. The zero-order valence-corrected chi connectivity index (χ0v) is 11.2. The Labute approximate surface area is 103 Å².